The molecule has 4 aromatic rings. The van der Waals surface area contributed by atoms with E-state index in [0.29, 0.717) is 32.4 Å². The Labute approximate surface area is 187 Å². The fourth-order valence-electron chi connectivity index (χ4n) is 3.92. The van der Waals surface area contributed by atoms with Crippen LogP contribution in [0.1, 0.15) is 38.9 Å². The topological polar surface area (TPSA) is 63.4 Å². The van der Waals surface area contributed by atoms with Crippen molar-refractivity contribution in [3.63, 3.8) is 0 Å². The minimum Gasteiger partial charge on any atom is -0.450 e. The molecule has 3 heterocycles. The number of rotatable bonds is 2. The van der Waals surface area contributed by atoms with E-state index in [1.54, 1.807) is 42.6 Å². The van der Waals surface area contributed by atoms with Gasteiger partial charge >= 0.3 is 0 Å². The van der Waals surface area contributed by atoms with E-state index < -0.39 is 11.9 Å². The Morgan fingerprint density at radius 1 is 0.935 bits per heavy atom. The van der Waals surface area contributed by atoms with Gasteiger partial charge in [0, 0.05) is 6.20 Å². The number of amides is 1. The van der Waals surface area contributed by atoms with Gasteiger partial charge in [0.2, 0.25) is 5.76 Å². The SMILES string of the molecule is Cc1ccc(N2C(=O)c3oc4ccc(C)cc4c(=O)c3C2c2ccc(Cl)c(Cl)c2)nc1. The molecule has 31 heavy (non-hydrogen) atoms. The van der Waals surface area contributed by atoms with Crippen LogP contribution in [0.25, 0.3) is 11.0 Å². The molecule has 7 heteroatoms. The molecule has 0 fully saturated rings. The van der Waals surface area contributed by atoms with E-state index in [-0.39, 0.29) is 16.8 Å². The van der Waals surface area contributed by atoms with Crippen LogP contribution in [0, 0.1) is 13.8 Å². The van der Waals surface area contributed by atoms with Gasteiger partial charge in [-0.3, -0.25) is 14.5 Å². The highest BCUT2D eigenvalue weighted by molar-refractivity contribution is 6.42. The van der Waals surface area contributed by atoms with Crippen molar-refractivity contribution in [1.82, 2.24) is 4.98 Å². The first-order valence-corrected chi connectivity index (χ1v) is 10.4. The molecule has 154 valence electrons. The van der Waals surface area contributed by atoms with Crippen molar-refractivity contribution >= 4 is 45.9 Å². The smallest absolute Gasteiger partial charge is 0.296 e. The second kappa shape index (κ2) is 7.22. The molecule has 1 aliphatic heterocycles. The van der Waals surface area contributed by atoms with Crippen molar-refractivity contribution in [3.05, 3.63) is 103 Å². The van der Waals surface area contributed by atoms with Gasteiger partial charge in [-0.2, -0.15) is 0 Å². The van der Waals surface area contributed by atoms with Gasteiger partial charge in [-0.25, -0.2) is 4.98 Å². The van der Waals surface area contributed by atoms with Gasteiger partial charge in [0.25, 0.3) is 5.91 Å². The first-order valence-electron chi connectivity index (χ1n) is 9.63. The van der Waals surface area contributed by atoms with Crippen LogP contribution < -0.4 is 10.3 Å². The van der Waals surface area contributed by atoms with Gasteiger partial charge in [-0.05, 0) is 55.3 Å². The van der Waals surface area contributed by atoms with E-state index in [4.69, 9.17) is 27.6 Å². The van der Waals surface area contributed by atoms with E-state index in [2.05, 4.69) is 4.98 Å². The molecular formula is C24H16Cl2N2O3. The molecule has 1 aliphatic rings. The number of hydrogen-bond donors (Lipinski definition) is 0. The van der Waals surface area contributed by atoms with Crippen molar-refractivity contribution in [1.29, 1.82) is 0 Å². The van der Waals surface area contributed by atoms with Crippen LogP contribution in [0.5, 0.6) is 0 Å². The summed E-state index contributed by atoms with van der Waals surface area (Å²) in [6.45, 7) is 3.81. The number of anilines is 1. The number of aryl methyl sites for hydroxylation is 2. The van der Waals surface area contributed by atoms with Crippen LogP contribution in [0.4, 0.5) is 5.82 Å². The van der Waals surface area contributed by atoms with Crippen LogP contribution in [0.15, 0.2) is 63.9 Å². The Morgan fingerprint density at radius 2 is 1.71 bits per heavy atom. The fraction of sp³-hybridized carbons (Fsp3) is 0.125. The monoisotopic (exact) mass is 450 g/mol. The number of pyridine rings is 1. The third-order valence-electron chi connectivity index (χ3n) is 5.43. The Morgan fingerprint density at radius 3 is 2.42 bits per heavy atom. The lowest BCUT2D eigenvalue weighted by Crippen LogP contribution is -2.30. The summed E-state index contributed by atoms with van der Waals surface area (Å²) in [5.74, 6) is -0.000454. The second-order valence-corrected chi connectivity index (χ2v) is 8.43. The maximum absolute atomic E-state index is 13.6. The number of halogens is 2. The van der Waals surface area contributed by atoms with Gasteiger partial charge in [0.15, 0.2) is 5.43 Å². The number of benzene rings is 2. The fourth-order valence-corrected chi connectivity index (χ4v) is 4.23. The van der Waals surface area contributed by atoms with Crippen LogP contribution in [-0.2, 0) is 0 Å². The molecule has 5 rings (SSSR count). The lowest BCUT2D eigenvalue weighted by molar-refractivity contribution is 0.0970. The summed E-state index contributed by atoms with van der Waals surface area (Å²) in [6, 6.07) is 13.2. The zero-order valence-corrected chi connectivity index (χ0v) is 18.2. The van der Waals surface area contributed by atoms with Crippen LogP contribution >= 0.6 is 23.2 Å². The number of carbonyl (C=O) groups excluding carboxylic acids is 1. The first kappa shape index (κ1) is 19.8. The lowest BCUT2D eigenvalue weighted by Gasteiger charge is -2.24. The summed E-state index contributed by atoms with van der Waals surface area (Å²) >= 11 is 12.4. The Balaban J connectivity index is 1.83. The molecule has 0 saturated heterocycles. The van der Waals surface area contributed by atoms with Crippen molar-refractivity contribution < 1.29 is 9.21 Å². The van der Waals surface area contributed by atoms with Gasteiger partial charge in [-0.15, -0.1) is 0 Å². The van der Waals surface area contributed by atoms with Crippen molar-refractivity contribution in [2.75, 3.05) is 4.90 Å². The van der Waals surface area contributed by atoms with Crippen molar-refractivity contribution in [3.8, 4) is 0 Å². The van der Waals surface area contributed by atoms with Gasteiger partial charge < -0.3 is 4.42 Å². The maximum atomic E-state index is 13.6. The number of aromatic nitrogens is 1. The molecule has 1 unspecified atom stereocenters. The molecule has 0 N–H and O–H groups in total. The standard InChI is InChI=1S/C24H16Cl2N2O3/c1-12-3-7-18-15(9-12)22(29)20-21(14-5-6-16(25)17(26)10-14)28(24(30)23(20)31-18)19-8-4-13(2)11-27-19/h3-11,21H,1-2H3. The molecule has 2 aromatic heterocycles. The van der Waals surface area contributed by atoms with E-state index in [9.17, 15) is 9.59 Å². The maximum Gasteiger partial charge on any atom is 0.296 e. The van der Waals surface area contributed by atoms with E-state index in [1.165, 1.54) is 4.90 Å². The third-order valence-corrected chi connectivity index (χ3v) is 6.17. The quantitative estimate of drug-likeness (QED) is 0.383. The molecule has 5 nitrogen and oxygen atoms in total. The molecule has 0 saturated carbocycles. The predicted octanol–water partition coefficient (Wildman–Crippen LogP) is 5.86. The highest BCUT2D eigenvalue weighted by atomic mass is 35.5. The average molecular weight is 451 g/mol. The average Bonchev–Trinajstić information content (AvgIpc) is 3.04. The van der Waals surface area contributed by atoms with Crippen LogP contribution in [0.3, 0.4) is 0 Å². The summed E-state index contributed by atoms with van der Waals surface area (Å²) < 4.78 is 5.96. The minimum atomic E-state index is -0.742. The van der Waals surface area contributed by atoms with Crippen molar-refractivity contribution in [2.24, 2.45) is 0 Å². The zero-order valence-electron chi connectivity index (χ0n) is 16.6. The normalized spacial score (nSPS) is 15.5. The van der Waals surface area contributed by atoms with Crippen molar-refractivity contribution in [2.45, 2.75) is 19.9 Å². The summed E-state index contributed by atoms with van der Waals surface area (Å²) in [5, 5.41) is 1.14. The number of hydrogen-bond acceptors (Lipinski definition) is 4. The number of nitrogens with zero attached hydrogens (tertiary/aromatic N) is 2. The van der Waals surface area contributed by atoms with Crippen LogP contribution in [0.2, 0.25) is 10.0 Å². The highest BCUT2D eigenvalue weighted by Gasteiger charge is 2.44. The van der Waals surface area contributed by atoms with Gasteiger partial charge in [0.05, 0.1) is 27.0 Å². The van der Waals surface area contributed by atoms with E-state index >= 15 is 0 Å². The molecule has 1 atom stereocenters. The molecule has 0 aliphatic carbocycles. The summed E-state index contributed by atoms with van der Waals surface area (Å²) in [6.07, 6.45) is 1.67. The molecular weight excluding hydrogens is 435 g/mol. The van der Waals surface area contributed by atoms with E-state index in [0.717, 1.165) is 11.1 Å². The summed E-state index contributed by atoms with van der Waals surface area (Å²) in [7, 11) is 0. The second-order valence-electron chi connectivity index (χ2n) is 7.62. The van der Waals surface area contributed by atoms with E-state index in [1.807, 2.05) is 26.0 Å². The highest BCUT2D eigenvalue weighted by Crippen LogP contribution is 2.41. The zero-order chi connectivity index (χ0) is 21.9. The molecule has 1 amide bonds. The molecule has 2 aromatic carbocycles. The summed E-state index contributed by atoms with van der Waals surface area (Å²) in [4.78, 5) is 32.9. The number of carbonyl (C=O) groups is 1. The Hall–Kier alpha value is -3.15. The van der Waals surface area contributed by atoms with Gasteiger partial charge in [-0.1, -0.05) is 47.0 Å². The Bertz CT molecular complexity index is 1430. The summed E-state index contributed by atoms with van der Waals surface area (Å²) in [5.41, 5.74) is 2.90. The molecule has 0 bridgehead atoms. The molecule has 0 radical (unpaired) electrons. The van der Waals surface area contributed by atoms with Gasteiger partial charge in [0.1, 0.15) is 11.4 Å². The predicted molar refractivity (Wildman–Crippen MR) is 121 cm³/mol. The Kier molecular flexibility index (Phi) is 4.61. The largest absolute Gasteiger partial charge is 0.450 e. The third kappa shape index (κ3) is 3.12. The number of fused-ring (bicyclic) bond motifs is 2. The van der Waals surface area contributed by atoms with Crippen LogP contribution in [-0.4, -0.2) is 10.9 Å². The minimum absolute atomic E-state index is 0.0137. The molecule has 0 spiro atoms. The first-order chi connectivity index (χ1) is 14.8. The lowest BCUT2D eigenvalue weighted by atomic mass is 9.98.